The molecule has 31 heavy (non-hydrogen) atoms. The van der Waals surface area contributed by atoms with Crippen molar-refractivity contribution in [3.8, 4) is 5.75 Å². The number of esters is 1. The standard InChI is InChI=1S/C24H24N2O5/c1-15-8-10-19(11-9-15)25-22(28)14-26(3)23(29)16(2)31-24(30)20-12-17-6-4-5-7-18(17)13-21(20)27/h4-13,16,27H,14H2,1-3H3,(H,25,28)/t16-/m0/s1. The number of anilines is 1. The Morgan fingerprint density at radius 3 is 2.29 bits per heavy atom. The maximum absolute atomic E-state index is 12.5. The lowest BCUT2D eigenvalue weighted by atomic mass is 10.1. The van der Waals surface area contributed by atoms with Crippen LogP contribution in [0.4, 0.5) is 5.69 Å². The smallest absolute Gasteiger partial charge is 0.342 e. The number of benzene rings is 3. The van der Waals surface area contributed by atoms with Crippen molar-refractivity contribution in [1.82, 2.24) is 4.90 Å². The average Bonchev–Trinajstić information content (AvgIpc) is 2.74. The molecule has 3 rings (SSSR count). The molecular formula is C24H24N2O5. The van der Waals surface area contributed by atoms with Gasteiger partial charge in [0, 0.05) is 12.7 Å². The number of ether oxygens (including phenoxy) is 1. The van der Waals surface area contributed by atoms with Crippen molar-refractivity contribution < 1.29 is 24.2 Å². The molecule has 2 N–H and O–H groups in total. The first-order chi connectivity index (χ1) is 14.7. The van der Waals surface area contributed by atoms with Gasteiger partial charge in [-0.05, 0) is 48.9 Å². The summed E-state index contributed by atoms with van der Waals surface area (Å²) in [4.78, 5) is 38.4. The van der Waals surface area contributed by atoms with Gasteiger partial charge in [0.05, 0.1) is 6.54 Å². The first-order valence-electron chi connectivity index (χ1n) is 9.79. The molecule has 0 saturated heterocycles. The minimum absolute atomic E-state index is 0.0295. The van der Waals surface area contributed by atoms with Crippen LogP contribution in [0.3, 0.4) is 0 Å². The predicted molar refractivity (Wildman–Crippen MR) is 118 cm³/mol. The van der Waals surface area contributed by atoms with Crippen LogP contribution in [0.25, 0.3) is 10.8 Å². The molecule has 0 aliphatic carbocycles. The van der Waals surface area contributed by atoms with E-state index in [0.29, 0.717) is 5.69 Å². The highest BCUT2D eigenvalue weighted by Crippen LogP contribution is 2.26. The van der Waals surface area contributed by atoms with E-state index in [1.807, 2.05) is 37.3 Å². The molecule has 7 heteroatoms. The second kappa shape index (κ2) is 9.30. The lowest BCUT2D eigenvalue weighted by molar-refractivity contribution is -0.140. The minimum Gasteiger partial charge on any atom is -0.507 e. The van der Waals surface area contributed by atoms with Gasteiger partial charge in [-0.3, -0.25) is 9.59 Å². The summed E-state index contributed by atoms with van der Waals surface area (Å²) in [5.74, 6) is -1.95. The summed E-state index contributed by atoms with van der Waals surface area (Å²) < 4.78 is 5.24. The third-order valence-electron chi connectivity index (χ3n) is 4.81. The zero-order valence-electron chi connectivity index (χ0n) is 17.6. The number of nitrogens with zero attached hydrogens (tertiary/aromatic N) is 1. The van der Waals surface area contributed by atoms with E-state index in [1.54, 1.807) is 18.2 Å². The van der Waals surface area contributed by atoms with E-state index in [0.717, 1.165) is 16.3 Å². The highest BCUT2D eigenvalue weighted by molar-refractivity contribution is 6.00. The fourth-order valence-electron chi connectivity index (χ4n) is 3.11. The number of carbonyl (C=O) groups excluding carboxylic acids is 3. The van der Waals surface area contributed by atoms with Crippen LogP contribution in [0.15, 0.2) is 60.7 Å². The maximum atomic E-state index is 12.5. The number of hydrogen-bond acceptors (Lipinski definition) is 5. The first-order valence-corrected chi connectivity index (χ1v) is 9.79. The van der Waals surface area contributed by atoms with Gasteiger partial charge in [0.15, 0.2) is 6.10 Å². The fraction of sp³-hybridized carbons (Fsp3) is 0.208. The van der Waals surface area contributed by atoms with Gasteiger partial charge in [-0.15, -0.1) is 0 Å². The van der Waals surface area contributed by atoms with Crippen molar-refractivity contribution in [2.45, 2.75) is 20.0 Å². The summed E-state index contributed by atoms with van der Waals surface area (Å²) in [5.41, 5.74) is 1.67. The number of nitrogens with one attached hydrogen (secondary N) is 1. The van der Waals surface area contributed by atoms with Crippen molar-refractivity contribution in [2.24, 2.45) is 0 Å². The zero-order chi connectivity index (χ0) is 22.5. The molecule has 0 aliphatic heterocycles. The van der Waals surface area contributed by atoms with Gasteiger partial charge < -0.3 is 20.1 Å². The molecule has 0 aliphatic rings. The number of rotatable bonds is 6. The third-order valence-corrected chi connectivity index (χ3v) is 4.81. The Morgan fingerprint density at radius 2 is 1.65 bits per heavy atom. The van der Waals surface area contributed by atoms with E-state index in [4.69, 9.17) is 4.74 Å². The lowest BCUT2D eigenvalue weighted by Crippen LogP contribution is -2.41. The molecule has 0 aromatic heterocycles. The van der Waals surface area contributed by atoms with E-state index >= 15 is 0 Å². The molecule has 0 saturated carbocycles. The van der Waals surface area contributed by atoms with Crippen molar-refractivity contribution in [3.63, 3.8) is 0 Å². The predicted octanol–water partition coefficient (Wildman–Crippen LogP) is 3.50. The van der Waals surface area contributed by atoms with Crippen LogP contribution in [-0.4, -0.2) is 47.5 Å². The van der Waals surface area contributed by atoms with Crippen LogP contribution < -0.4 is 5.32 Å². The topological polar surface area (TPSA) is 95.9 Å². The summed E-state index contributed by atoms with van der Waals surface area (Å²) in [6.07, 6.45) is -1.13. The molecule has 3 aromatic rings. The minimum atomic E-state index is -1.13. The van der Waals surface area contributed by atoms with Crippen LogP contribution in [0.5, 0.6) is 5.75 Å². The number of hydrogen-bond donors (Lipinski definition) is 2. The number of aryl methyl sites for hydroxylation is 1. The number of phenols is 1. The summed E-state index contributed by atoms with van der Waals surface area (Å²) in [6.45, 7) is 3.17. The molecule has 1 atom stereocenters. The molecule has 0 bridgehead atoms. The second-order valence-corrected chi connectivity index (χ2v) is 7.37. The van der Waals surface area contributed by atoms with Crippen LogP contribution in [0.2, 0.25) is 0 Å². The molecule has 0 unspecified atom stereocenters. The Morgan fingerprint density at radius 1 is 1.03 bits per heavy atom. The van der Waals surface area contributed by atoms with Crippen molar-refractivity contribution in [1.29, 1.82) is 0 Å². The van der Waals surface area contributed by atoms with E-state index in [-0.39, 0.29) is 23.8 Å². The van der Waals surface area contributed by atoms with Gasteiger partial charge in [-0.2, -0.15) is 0 Å². The molecule has 0 radical (unpaired) electrons. The highest BCUT2D eigenvalue weighted by atomic mass is 16.5. The van der Waals surface area contributed by atoms with Crippen LogP contribution in [-0.2, 0) is 14.3 Å². The molecule has 7 nitrogen and oxygen atoms in total. The third kappa shape index (κ3) is 5.39. The van der Waals surface area contributed by atoms with Crippen molar-refractivity contribution >= 4 is 34.2 Å². The van der Waals surface area contributed by atoms with Crippen molar-refractivity contribution in [2.75, 3.05) is 18.9 Å². The van der Waals surface area contributed by atoms with Gasteiger partial charge in [-0.1, -0.05) is 42.0 Å². The van der Waals surface area contributed by atoms with Gasteiger partial charge >= 0.3 is 5.97 Å². The van der Waals surface area contributed by atoms with Crippen LogP contribution in [0.1, 0.15) is 22.8 Å². The van der Waals surface area contributed by atoms with Gasteiger partial charge in [0.2, 0.25) is 5.91 Å². The number of phenolic OH excluding ortho intramolecular Hbond substituents is 1. The molecule has 0 heterocycles. The van der Waals surface area contributed by atoms with Crippen LogP contribution in [0, 0.1) is 6.92 Å². The average molecular weight is 420 g/mol. The largest absolute Gasteiger partial charge is 0.507 e. The first kappa shape index (κ1) is 21.8. The summed E-state index contributed by atoms with van der Waals surface area (Å²) in [7, 11) is 1.45. The maximum Gasteiger partial charge on any atom is 0.342 e. The molecule has 0 spiro atoms. The Labute approximate surface area is 180 Å². The fourth-order valence-corrected chi connectivity index (χ4v) is 3.11. The normalized spacial score (nSPS) is 11.6. The zero-order valence-corrected chi connectivity index (χ0v) is 17.6. The molecule has 0 fully saturated rings. The number of aromatic hydroxyl groups is 1. The summed E-state index contributed by atoms with van der Waals surface area (Å²) >= 11 is 0. The Bertz CT molecular complexity index is 1120. The number of fused-ring (bicyclic) bond motifs is 1. The monoisotopic (exact) mass is 420 g/mol. The number of likely N-dealkylation sites (N-methyl/N-ethyl adjacent to an activating group) is 1. The molecule has 3 aromatic carbocycles. The Kier molecular flexibility index (Phi) is 6.55. The molecule has 2 amide bonds. The SMILES string of the molecule is Cc1ccc(NC(=O)CN(C)C(=O)[C@H](C)OC(=O)c2cc3ccccc3cc2O)cc1. The van der Waals surface area contributed by atoms with E-state index in [2.05, 4.69) is 5.32 Å². The van der Waals surface area contributed by atoms with E-state index in [1.165, 1.54) is 31.0 Å². The lowest BCUT2D eigenvalue weighted by Gasteiger charge is -2.21. The second-order valence-electron chi connectivity index (χ2n) is 7.37. The van der Waals surface area contributed by atoms with Crippen molar-refractivity contribution in [3.05, 3.63) is 71.8 Å². The summed E-state index contributed by atoms with van der Waals surface area (Å²) in [6, 6.07) is 17.5. The summed E-state index contributed by atoms with van der Waals surface area (Å²) in [5, 5.41) is 14.4. The quantitative estimate of drug-likeness (QED) is 0.595. The van der Waals surface area contributed by atoms with E-state index in [9.17, 15) is 19.5 Å². The van der Waals surface area contributed by atoms with E-state index < -0.39 is 18.0 Å². The van der Waals surface area contributed by atoms with Crippen LogP contribution >= 0.6 is 0 Å². The van der Waals surface area contributed by atoms with Gasteiger partial charge in [-0.25, -0.2) is 4.79 Å². The molecule has 160 valence electrons. The van der Waals surface area contributed by atoms with Gasteiger partial charge in [0.25, 0.3) is 5.91 Å². The van der Waals surface area contributed by atoms with Gasteiger partial charge in [0.1, 0.15) is 11.3 Å². The Balaban J connectivity index is 1.60. The number of carbonyl (C=O) groups is 3. The highest BCUT2D eigenvalue weighted by Gasteiger charge is 2.25. The Hall–Kier alpha value is -3.87. The molecular weight excluding hydrogens is 396 g/mol. The number of amides is 2.